The van der Waals surface area contributed by atoms with Crippen molar-refractivity contribution in [3.63, 3.8) is 0 Å². The average molecular weight is 417 g/mol. The van der Waals surface area contributed by atoms with Crippen LogP contribution in [0.4, 0.5) is 5.13 Å². The zero-order valence-corrected chi connectivity index (χ0v) is 17.1. The summed E-state index contributed by atoms with van der Waals surface area (Å²) in [6.07, 6.45) is 4.04. The molecule has 0 aliphatic heterocycles. The number of methoxy groups -OCH3 is 1. The van der Waals surface area contributed by atoms with Crippen LogP contribution in [0, 0.1) is 0 Å². The molecule has 1 fully saturated rings. The van der Waals surface area contributed by atoms with Gasteiger partial charge < -0.3 is 4.74 Å². The lowest BCUT2D eigenvalue weighted by Gasteiger charge is -2.04. The summed E-state index contributed by atoms with van der Waals surface area (Å²) in [5.74, 6) is 0.985. The SMILES string of the molecule is COc1ccc(-c2nn(-c3ccccc3)cc2C(=O)Nc2nnc(C3CC3)s2)cc1. The van der Waals surface area contributed by atoms with Gasteiger partial charge in [-0.1, -0.05) is 29.5 Å². The maximum atomic E-state index is 13.1. The summed E-state index contributed by atoms with van der Waals surface area (Å²) in [6, 6.07) is 17.2. The van der Waals surface area contributed by atoms with Gasteiger partial charge in [-0.2, -0.15) is 5.10 Å². The van der Waals surface area contributed by atoms with E-state index in [2.05, 4.69) is 15.5 Å². The highest BCUT2D eigenvalue weighted by Gasteiger charge is 2.28. The van der Waals surface area contributed by atoms with Gasteiger partial charge in [0.15, 0.2) is 0 Å². The molecule has 2 aromatic carbocycles. The zero-order valence-electron chi connectivity index (χ0n) is 16.3. The van der Waals surface area contributed by atoms with E-state index in [-0.39, 0.29) is 5.91 Å². The van der Waals surface area contributed by atoms with E-state index in [1.165, 1.54) is 11.3 Å². The molecule has 0 unspecified atom stereocenters. The van der Waals surface area contributed by atoms with Crippen LogP contribution in [0.3, 0.4) is 0 Å². The van der Waals surface area contributed by atoms with Crippen molar-refractivity contribution in [2.45, 2.75) is 18.8 Å². The predicted octanol–water partition coefficient (Wildman–Crippen LogP) is 4.53. The van der Waals surface area contributed by atoms with Gasteiger partial charge in [-0.15, -0.1) is 10.2 Å². The summed E-state index contributed by atoms with van der Waals surface area (Å²) in [6.45, 7) is 0. The van der Waals surface area contributed by atoms with Crippen LogP contribution in [-0.2, 0) is 0 Å². The normalized spacial score (nSPS) is 13.2. The minimum atomic E-state index is -0.263. The second kappa shape index (κ2) is 7.72. The summed E-state index contributed by atoms with van der Waals surface area (Å²) in [5.41, 5.74) is 2.75. The Hall–Kier alpha value is -3.52. The summed E-state index contributed by atoms with van der Waals surface area (Å²) in [5, 5.41) is 17.4. The molecule has 0 spiro atoms. The van der Waals surface area contributed by atoms with Crippen LogP contribution in [0.25, 0.3) is 16.9 Å². The minimum Gasteiger partial charge on any atom is -0.497 e. The molecule has 0 bridgehead atoms. The molecular formula is C22H19N5O2S. The van der Waals surface area contributed by atoms with Crippen molar-refractivity contribution in [3.05, 3.63) is 71.4 Å². The van der Waals surface area contributed by atoms with Gasteiger partial charge >= 0.3 is 0 Å². The standard InChI is InChI=1S/C22H19N5O2S/c1-29-17-11-9-14(10-12-17)19-18(13-27(26-19)16-5-3-2-4-6-16)20(28)23-22-25-24-21(30-22)15-7-8-15/h2-6,9-13,15H,7-8H2,1H3,(H,23,25,28). The molecule has 0 radical (unpaired) electrons. The molecular weight excluding hydrogens is 398 g/mol. The molecule has 1 amide bonds. The quantitative estimate of drug-likeness (QED) is 0.498. The Morgan fingerprint density at radius 2 is 1.87 bits per heavy atom. The molecule has 2 aromatic heterocycles. The van der Waals surface area contributed by atoms with E-state index in [1.54, 1.807) is 18.0 Å². The first kappa shape index (κ1) is 18.5. The van der Waals surface area contributed by atoms with Gasteiger partial charge in [-0.25, -0.2) is 4.68 Å². The van der Waals surface area contributed by atoms with E-state index in [1.807, 2.05) is 54.6 Å². The molecule has 2 heterocycles. The number of ether oxygens (including phenoxy) is 1. The number of nitrogens with one attached hydrogen (secondary N) is 1. The van der Waals surface area contributed by atoms with Crippen molar-refractivity contribution >= 4 is 22.4 Å². The summed E-state index contributed by atoms with van der Waals surface area (Å²) in [4.78, 5) is 13.1. The summed E-state index contributed by atoms with van der Waals surface area (Å²) in [7, 11) is 1.62. The first-order valence-corrected chi connectivity index (χ1v) is 10.5. The molecule has 1 aliphatic rings. The molecule has 7 nitrogen and oxygen atoms in total. The van der Waals surface area contributed by atoms with Crippen molar-refractivity contribution in [1.29, 1.82) is 0 Å². The highest BCUT2D eigenvalue weighted by molar-refractivity contribution is 7.15. The maximum Gasteiger partial charge on any atom is 0.261 e. The van der Waals surface area contributed by atoms with Crippen LogP contribution in [-0.4, -0.2) is 33.0 Å². The number of amides is 1. The van der Waals surface area contributed by atoms with Crippen LogP contribution in [0.1, 0.15) is 34.1 Å². The lowest BCUT2D eigenvalue weighted by atomic mass is 10.1. The highest BCUT2D eigenvalue weighted by Crippen LogP contribution is 2.42. The molecule has 1 N–H and O–H groups in total. The number of aromatic nitrogens is 4. The Morgan fingerprint density at radius 3 is 2.57 bits per heavy atom. The van der Waals surface area contributed by atoms with Gasteiger partial charge in [-0.05, 0) is 49.2 Å². The Kier molecular flexibility index (Phi) is 4.76. The Morgan fingerprint density at radius 1 is 1.10 bits per heavy atom. The van der Waals surface area contributed by atoms with E-state index in [0.29, 0.717) is 22.3 Å². The monoisotopic (exact) mass is 417 g/mol. The lowest BCUT2D eigenvalue weighted by molar-refractivity contribution is 0.102. The van der Waals surface area contributed by atoms with Crippen molar-refractivity contribution in [2.75, 3.05) is 12.4 Å². The van der Waals surface area contributed by atoms with Gasteiger partial charge in [0.2, 0.25) is 5.13 Å². The molecule has 4 aromatic rings. The average Bonchev–Trinajstić information content (AvgIpc) is 3.37. The number of nitrogens with zero attached hydrogens (tertiary/aromatic N) is 4. The molecule has 150 valence electrons. The Balaban J connectivity index is 1.50. The molecule has 0 atom stereocenters. The Labute approximate surface area is 177 Å². The van der Waals surface area contributed by atoms with E-state index >= 15 is 0 Å². The second-order valence-corrected chi connectivity index (χ2v) is 8.08. The number of anilines is 1. The largest absolute Gasteiger partial charge is 0.497 e. The maximum absolute atomic E-state index is 13.1. The third kappa shape index (κ3) is 3.69. The third-order valence-corrected chi connectivity index (χ3v) is 5.93. The van der Waals surface area contributed by atoms with Crippen LogP contribution >= 0.6 is 11.3 Å². The van der Waals surface area contributed by atoms with Gasteiger partial charge in [0.25, 0.3) is 5.91 Å². The fourth-order valence-electron chi connectivity index (χ4n) is 3.16. The highest BCUT2D eigenvalue weighted by atomic mass is 32.1. The van der Waals surface area contributed by atoms with Crippen molar-refractivity contribution in [2.24, 2.45) is 0 Å². The van der Waals surface area contributed by atoms with E-state index < -0.39 is 0 Å². The van der Waals surface area contributed by atoms with Gasteiger partial charge in [0.1, 0.15) is 16.5 Å². The molecule has 5 rings (SSSR count). The van der Waals surface area contributed by atoms with E-state index in [4.69, 9.17) is 9.84 Å². The zero-order chi connectivity index (χ0) is 20.5. The Bertz CT molecular complexity index is 1180. The lowest BCUT2D eigenvalue weighted by Crippen LogP contribution is -2.12. The van der Waals surface area contributed by atoms with Crippen LogP contribution in [0.2, 0.25) is 0 Å². The van der Waals surface area contributed by atoms with Gasteiger partial charge in [-0.3, -0.25) is 10.1 Å². The number of hydrogen-bond donors (Lipinski definition) is 1. The van der Waals surface area contributed by atoms with Crippen molar-refractivity contribution in [3.8, 4) is 22.7 Å². The van der Waals surface area contributed by atoms with Crippen LogP contribution in [0.15, 0.2) is 60.8 Å². The summed E-state index contributed by atoms with van der Waals surface area (Å²) >= 11 is 1.44. The molecule has 0 saturated heterocycles. The first-order valence-electron chi connectivity index (χ1n) is 9.65. The van der Waals surface area contributed by atoms with Gasteiger partial charge in [0, 0.05) is 17.7 Å². The fourth-order valence-corrected chi connectivity index (χ4v) is 4.07. The number of para-hydroxylation sites is 1. The molecule has 30 heavy (non-hydrogen) atoms. The van der Waals surface area contributed by atoms with Crippen LogP contribution < -0.4 is 10.1 Å². The summed E-state index contributed by atoms with van der Waals surface area (Å²) < 4.78 is 6.96. The fraction of sp³-hybridized carbons (Fsp3) is 0.182. The van der Waals surface area contributed by atoms with E-state index in [9.17, 15) is 4.79 Å². The third-order valence-electron chi connectivity index (χ3n) is 4.93. The second-order valence-electron chi connectivity index (χ2n) is 7.07. The smallest absolute Gasteiger partial charge is 0.261 e. The number of rotatable bonds is 6. The van der Waals surface area contributed by atoms with Crippen molar-refractivity contribution in [1.82, 2.24) is 20.0 Å². The number of benzene rings is 2. The van der Waals surface area contributed by atoms with Crippen LogP contribution in [0.5, 0.6) is 5.75 Å². The molecule has 1 saturated carbocycles. The van der Waals surface area contributed by atoms with Crippen molar-refractivity contribution < 1.29 is 9.53 Å². The molecule has 1 aliphatic carbocycles. The first-order chi connectivity index (χ1) is 14.7. The van der Waals surface area contributed by atoms with E-state index in [0.717, 1.165) is 34.8 Å². The molecule has 8 heteroatoms. The number of hydrogen-bond acceptors (Lipinski definition) is 6. The topological polar surface area (TPSA) is 81.9 Å². The number of carbonyl (C=O) groups is 1. The van der Waals surface area contributed by atoms with Gasteiger partial charge in [0.05, 0.1) is 18.4 Å². The minimum absolute atomic E-state index is 0.263. The predicted molar refractivity (Wildman–Crippen MR) is 115 cm³/mol. The number of carbonyl (C=O) groups excluding carboxylic acids is 1.